The van der Waals surface area contributed by atoms with Gasteiger partial charge in [-0.3, -0.25) is 4.90 Å². The molecule has 1 aromatic heterocycles. The molecule has 0 bridgehead atoms. The van der Waals surface area contributed by atoms with Crippen LogP contribution in [0.2, 0.25) is 0 Å². The van der Waals surface area contributed by atoms with Crippen molar-refractivity contribution in [1.82, 2.24) is 29.9 Å². The first kappa shape index (κ1) is 24.7. The summed E-state index contributed by atoms with van der Waals surface area (Å²) in [5, 5.41) is 12.0. The van der Waals surface area contributed by atoms with Crippen LogP contribution in [0.4, 0.5) is 0 Å². The zero-order valence-corrected chi connectivity index (χ0v) is 21.4. The van der Waals surface area contributed by atoms with Crippen molar-refractivity contribution in [2.45, 2.75) is 58.0 Å². The normalized spacial score (nSPS) is 19.3. The van der Waals surface area contributed by atoms with Crippen molar-refractivity contribution >= 4 is 41.7 Å². The Bertz CT molecular complexity index is 622. The fourth-order valence-corrected chi connectivity index (χ4v) is 4.60. The highest BCUT2D eigenvalue weighted by atomic mass is 127. The van der Waals surface area contributed by atoms with Gasteiger partial charge < -0.3 is 14.8 Å². The molecule has 0 amide bonds. The largest absolute Gasteiger partial charge is 0.356 e. The highest BCUT2D eigenvalue weighted by Crippen LogP contribution is 2.23. The lowest BCUT2D eigenvalue weighted by molar-refractivity contribution is 0.106. The standard InChI is InChI=1S/C20H37N7S.HI/c1-17-23-24-19(25(17)2)16-22-20(21-10-7-15-28-3)27-13-11-26(12-14-27)18-8-5-4-6-9-18;/h18H,4-16H2,1-3H3,(H,21,22);1H. The van der Waals surface area contributed by atoms with Crippen LogP contribution in [-0.2, 0) is 13.6 Å². The maximum absolute atomic E-state index is 4.91. The van der Waals surface area contributed by atoms with Crippen LogP contribution in [0, 0.1) is 6.92 Å². The third-order valence-electron chi connectivity index (χ3n) is 6.07. The first-order valence-corrected chi connectivity index (χ1v) is 12.2. The van der Waals surface area contributed by atoms with Gasteiger partial charge in [0.1, 0.15) is 12.4 Å². The highest BCUT2D eigenvalue weighted by molar-refractivity contribution is 14.0. The molecule has 0 unspecified atom stereocenters. The number of piperazine rings is 1. The quantitative estimate of drug-likeness (QED) is 0.251. The third-order valence-corrected chi connectivity index (χ3v) is 6.76. The Morgan fingerprint density at radius 2 is 1.86 bits per heavy atom. The summed E-state index contributed by atoms with van der Waals surface area (Å²) in [5.74, 6) is 4.06. The van der Waals surface area contributed by atoms with Crippen molar-refractivity contribution < 1.29 is 0 Å². The van der Waals surface area contributed by atoms with Gasteiger partial charge in [-0.2, -0.15) is 11.8 Å². The van der Waals surface area contributed by atoms with Crippen LogP contribution >= 0.6 is 35.7 Å². The summed E-state index contributed by atoms with van der Waals surface area (Å²) in [6.45, 7) is 7.95. The van der Waals surface area contributed by atoms with Crippen molar-refractivity contribution in [2.24, 2.45) is 12.0 Å². The molecule has 9 heteroatoms. The number of thioether (sulfide) groups is 1. The molecule has 3 rings (SSSR count). The van der Waals surface area contributed by atoms with Crippen LogP contribution < -0.4 is 5.32 Å². The molecule has 2 fully saturated rings. The fraction of sp³-hybridized carbons (Fsp3) is 0.850. The van der Waals surface area contributed by atoms with Gasteiger partial charge in [0.05, 0.1) is 0 Å². The summed E-state index contributed by atoms with van der Waals surface area (Å²) in [7, 11) is 2.01. The van der Waals surface area contributed by atoms with Gasteiger partial charge in [-0.05, 0) is 38.2 Å². The molecule has 2 heterocycles. The minimum atomic E-state index is 0. The maximum Gasteiger partial charge on any atom is 0.194 e. The number of aromatic nitrogens is 3. The minimum Gasteiger partial charge on any atom is -0.356 e. The van der Waals surface area contributed by atoms with E-state index in [1.165, 1.54) is 37.9 Å². The van der Waals surface area contributed by atoms with E-state index in [1.807, 2.05) is 30.3 Å². The molecule has 1 aliphatic heterocycles. The lowest BCUT2D eigenvalue weighted by Crippen LogP contribution is -2.55. The fourth-order valence-electron chi connectivity index (χ4n) is 4.16. The zero-order chi connectivity index (χ0) is 19.8. The van der Waals surface area contributed by atoms with Gasteiger partial charge in [0.15, 0.2) is 11.8 Å². The molecule has 1 N–H and O–H groups in total. The number of rotatable bonds is 7. The van der Waals surface area contributed by atoms with Crippen molar-refractivity contribution in [3.05, 3.63) is 11.6 Å². The summed E-state index contributed by atoms with van der Waals surface area (Å²) < 4.78 is 2.02. The summed E-state index contributed by atoms with van der Waals surface area (Å²) in [6.07, 6.45) is 10.3. The van der Waals surface area contributed by atoms with Crippen LogP contribution in [0.15, 0.2) is 4.99 Å². The Kier molecular flexibility index (Phi) is 11.1. The van der Waals surface area contributed by atoms with E-state index in [0.717, 1.165) is 62.8 Å². The number of guanidine groups is 1. The molecule has 0 spiro atoms. The molecule has 29 heavy (non-hydrogen) atoms. The minimum absolute atomic E-state index is 0. The highest BCUT2D eigenvalue weighted by Gasteiger charge is 2.26. The number of hydrogen-bond acceptors (Lipinski definition) is 5. The maximum atomic E-state index is 4.91. The summed E-state index contributed by atoms with van der Waals surface area (Å²) >= 11 is 1.90. The van der Waals surface area contributed by atoms with Crippen LogP contribution in [0.3, 0.4) is 0 Å². The van der Waals surface area contributed by atoms with Gasteiger partial charge >= 0.3 is 0 Å². The molecular formula is C20H38IN7S. The van der Waals surface area contributed by atoms with Crippen LogP contribution in [0.1, 0.15) is 50.2 Å². The SMILES string of the molecule is CSCCCNC(=NCc1nnc(C)n1C)N1CCN(C2CCCCC2)CC1.I. The monoisotopic (exact) mass is 535 g/mol. The van der Waals surface area contributed by atoms with E-state index in [2.05, 4.69) is 31.6 Å². The van der Waals surface area contributed by atoms with E-state index >= 15 is 0 Å². The Hall–Kier alpha value is -0.550. The van der Waals surface area contributed by atoms with E-state index in [4.69, 9.17) is 4.99 Å². The Morgan fingerprint density at radius 1 is 1.14 bits per heavy atom. The lowest BCUT2D eigenvalue weighted by atomic mass is 9.94. The topological polar surface area (TPSA) is 61.6 Å². The van der Waals surface area contributed by atoms with Crippen molar-refractivity contribution in [1.29, 1.82) is 0 Å². The van der Waals surface area contributed by atoms with Gasteiger partial charge in [-0.1, -0.05) is 19.3 Å². The van der Waals surface area contributed by atoms with Gasteiger partial charge in [0.2, 0.25) is 0 Å². The summed E-state index contributed by atoms with van der Waals surface area (Å²) in [6, 6.07) is 0.812. The third kappa shape index (κ3) is 7.27. The van der Waals surface area contributed by atoms with Crippen molar-refractivity contribution in [2.75, 3.05) is 44.7 Å². The predicted octanol–water partition coefficient (Wildman–Crippen LogP) is 2.89. The molecule has 1 aromatic rings. The molecule has 0 aromatic carbocycles. The van der Waals surface area contributed by atoms with E-state index in [0.29, 0.717) is 6.54 Å². The predicted molar refractivity (Wildman–Crippen MR) is 133 cm³/mol. The van der Waals surface area contributed by atoms with Crippen molar-refractivity contribution in [3.63, 3.8) is 0 Å². The number of aliphatic imine (C=N–C) groups is 1. The van der Waals surface area contributed by atoms with E-state index in [1.54, 1.807) is 0 Å². The average Bonchev–Trinajstić information content (AvgIpc) is 3.06. The Morgan fingerprint density at radius 3 is 2.48 bits per heavy atom. The van der Waals surface area contributed by atoms with E-state index in [-0.39, 0.29) is 24.0 Å². The average molecular weight is 536 g/mol. The second kappa shape index (κ2) is 13.0. The van der Waals surface area contributed by atoms with E-state index in [9.17, 15) is 0 Å². The molecular weight excluding hydrogens is 497 g/mol. The Labute approximate surface area is 197 Å². The summed E-state index contributed by atoms with van der Waals surface area (Å²) in [5.41, 5.74) is 0. The molecule has 0 atom stereocenters. The van der Waals surface area contributed by atoms with Crippen LogP contribution in [-0.4, -0.2) is 81.3 Å². The summed E-state index contributed by atoms with van der Waals surface area (Å²) in [4.78, 5) is 10.1. The number of halogens is 1. The number of nitrogens with one attached hydrogen (secondary N) is 1. The number of aryl methyl sites for hydroxylation is 1. The molecule has 7 nitrogen and oxygen atoms in total. The molecule has 1 aliphatic carbocycles. The van der Waals surface area contributed by atoms with Gasteiger partial charge in [0, 0.05) is 45.8 Å². The second-order valence-electron chi connectivity index (χ2n) is 7.95. The zero-order valence-electron chi connectivity index (χ0n) is 18.3. The lowest BCUT2D eigenvalue weighted by Gasteiger charge is -2.41. The van der Waals surface area contributed by atoms with Crippen LogP contribution in [0.5, 0.6) is 0 Å². The van der Waals surface area contributed by atoms with Crippen molar-refractivity contribution in [3.8, 4) is 0 Å². The van der Waals surface area contributed by atoms with Gasteiger partial charge in [-0.25, -0.2) is 4.99 Å². The Balaban J connectivity index is 0.00000300. The molecule has 1 saturated carbocycles. The molecule has 1 saturated heterocycles. The molecule has 166 valence electrons. The second-order valence-corrected chi connectivity index (χ2v) is 8.94. The van der Waals surface area contributed by atoms with Gasteiger partial charge in [-0.15, -0.1) is 34.2 Å². The number of hydrogen-bond donors (Lipinski definition) is 1. The first-order chi connectivity index (χ1) is 13.7. The van der Waals surface area contributed by atoms with Gasteiger partial charge in [0.25, 0.3) is 0 Å². The van der Waals surface area contributed by atoms with E-state index < -0.39 is 0 Å². The number of nitrogens with zero attached hydrogens (tertiary/aromatic N) is 6. The molecule has 2 aliphatic rings. The first-order valence-electron chi connectivity index (χ1n) is 10.8. The van der Waals surface area contributed by atoms with Crippen LogP contribution in [0.25, 0.3) is 0 Å². The molecule has 0 radical (unpaired) electrons. The smallest absolute Gasteiger partial charge is 0.194 e.